The molecule has 1 N–H and O–H groups in total. The molecule has 0 aromatic heterocycles. The number of carbonyl (C=O) groups excluding carboxylic acids is 2. The summed E-state index contributed by atoms with van der Waals surface area (Å²) in [6, 6.07) is 16.6. The summed E-state index contributed by atoms with van der Waals surface area (Å²) in [6.45, 7) is 3.13. The zero-order valence-corrected chi connectivity index (χ0v) is 15.9. The standard InChI is InChI=1S/C20H21N3O3S/c1-26-19(25)16-7-5-6-15(14-16)18(24)21-20(27)23-12-10-22(11-13-23)17-8-3-2-4-9-17/h2-9,14H,10-13H2,1H3,(H,21,24,27). The average molecular weight is 383 g/mol. The molecule has 7 heteroatoms. The quantitative estimate of drug-likeness (QED) is 0.648. The van der Waals surface area contributed by atoms with E-state index in [4.69, 9.17) is 12.2 Å². The van der Waals surface area contributed by atoms with Crippen molar-refractivity contribution in [1.29, 1.82) is 0 Å². The summed E-state index contributed by atoms with van der Waals surface area (Å²) in [4.78, 5) is 28.3. The van der Waals surface area contributed by atoms with E-state index in [1.807, 2.05) is 23.1 Å². The molecule has 140 valence electrons. The molecular formula is C20H21N3O3S. The molecule has 1 aliphatic rings. The minimum absolute atomic E-state index is 0.326. The Morgan fingerprint density at radius 2 is 1.63 bits per heavy atom. The predicted molar refractivity (Wildman–Crippen MR) is 108 cm³/mol. The van der Waals surface area contributed by atoms with Crippen molar-refractivity contribution in [3.63, 3.8) is 0 Å². The number of hydrogen-bond acceptors (Lipinski definition) is 5. The van der Waals surface area contributed by atoms with Crippen molar-refractivity contribution in [3.05, 3.63) is 65.7 Å². The van der Waals surface area contributed by atoms with Crippen LogP contribution in [0, 0.1) is 0 Å². The molecule has 2 aromatic rings. The van der Waals surface area contributed by atoms with Gasteiger partial charge in [-0.2, -0.15) is 0 Å². The van der Waals surface area contributed by atoms with Crippen molar-refractivity contribution < 1.29 is 14.3 Å². The summed E-state index contributed by atoms with van der Waals surface area (Å²) in [7, 11) is 1.30. The maximum Gasteiger partial charge on any atom is 0.337 e. The normalized spacial score (nSPS) is 13.8. The van der Waals surface area contributed by atoms with E-state index in [1.165, 1.54) is 18.9 Å². The van der Waals surface area contributed by atoms with Crippen LogP contribution in [0.1, 0.15) is 20.7 Å². The lowest BCUT2D eigenvalue weighted by atomic mass is 10.1. The third-order valence-electron chi connectivity index (χ3n) is 4.45. The number of nitrogens with one attached hydrogen (secondary N) is 1. The van der Waals surface area contributed by atoms with Gasteiger partial charge in [-0.15, -0.1) is 0 Å². The second-order valence-corrected chi connectivity index (χ2v) is 6.53. The number of carbonyl (C=O) groups is 2. The van der Waals surface area contributed by atoms with Gasteiger partial charge in [0.05, 0.1) is 12.7 Å². The molecule has 1 saturated heterocycles. The first-order valence-electron chi connectivity index (χ1n) is 8.67. The van der Waals surface area contributed by atoms with Crippen LogP contribution in [0.15, 0.2) is 54.6 Å². The van der Waals surface area contributed by atoms with Crippen LogP contribution in [0.5, 0.6) is 0 Å². The summed E-state index contributed by atoms with van der Waals surface area (Å²) in [5, 5.41) is 3.15. The predicted octanol–water partition coefficient (Wildman–Crippen LogP) is 2.31. The van der Waals surface area contributed by atoms with Crippen LogP contribution < -0.4 is 10.2 Å². The van der Waals surface area contributed by atoms with Crippen molar-refractivity contribution in [2.75, 3.05) is 38.2 Å². The van der Waals surface area contributed by atoms with Gasteiger partial charge in [0.25, 0.3) is 5.91 Å². The Balaban J connectivity index is 1.56. The molecule has 6 nitrogen and oxygen atoms in total. The number of ether oxygens (including phenoxy) is 1. The maximum absolute atomic E-state index is 12.5. The number of anilines is 1. The second-order valence-electron chi connectivity index (χ2n) is 6.14. The van der Waals surface area contributed by atoms with Gasteiger partial charge in [0.2, 0.25) is 0 Å². The van der Waals surface area contributed by atoms with Gasteiger partial charge in [0.1, 0.15) is 0 Å². The minimum Gasteiger partial charge on any atom is -0.465 e. The number of rotatable bonds is 3. The van der Waals surface area contributed by atoms with Crippen molar-refractivity contribution in [2.24, 2.45) is 0 Å². The van der Waals surface area contributed by atoms with Gasteiger partial charge in [0, 0.05) is 37.4 Å². The molecular weight excluding hydrogens is 362 g/mol. The van der Waals surface area contributed by atoms with E-state index in [-0.39, 0.29) is 5.91 Å². The monoisotopic (exact) mass is 383 g/mol. The van der Waals surface area contributed by atoms with Gasteiger partial charge < -0.3 is 14.5 Å². The molecule has 1 amide bonds. The number of para-hydroxylation sites is 1. The Labute approximate surface area is 163 Å². The fourth-order valence-corrected chi connectivity index (χ4v) is 3.24. The van der Waals surface area contributed by atoms with E-state index in [1.54, 1.807) is 18.2 Å². The third-order valence-corrected chi connectivity index (χ3v) is 4.81. The number of benzene rings is 2. The molecule has 1 heterocycles. The summed E-state index contributed by atoms with van der Waals surface area (Å²) >= 11 is 5.40. The fraction of sp³-hybridized carbons (Fsp3) is 0.250. The summed E-state index contributed by atoms with van der Waals surface area (Å²) in [6.07, 6.45) is 0. The Morgan fingerprint density at radius 3 is 2.30 bits per heavy atom. The SMILES string of the molecule is COC(=O)c1cccc(C(=O)NC(=S)N2CCN(c3ccccc3)CC2)c1. The topological polar surface area (TPSA) is 61.9 Å². The molecule has 0 radical (unpaired) electrons. The van der Waals surface area contributed by atoms with E-state index in [0.717, 1.165) is 26.2 Å². The Hall–Kier alpha value is -2.93. The van der Waals surface area contributed by atoms with Crippen molar-refractivity contribution >= 4 is 34.9 Å². The van der Waals surface area contributed by atoms with Gasteiger partial charge >= 0.3 is 5.97 Å². The van der Waals surface area contributed by atoms with Crippen LogP contribution in [0.3, 0.4) is 0 Å². The molecule has 3 rings (SSSR count). The lowest BCUT2D eigenvalue weighted by molar-refractivity contribution is 0.0600. The van der Waals surface area contributed by atoms with Gasteiger partial charge in [-0.25, -0.2) is 4.79 Å². The number of nitrogens with zero attached hydrogens (tertiary/aromatic N) is 2. The summed E-state index contributed by atoms with van der Waals surface area (Å²) in [5.74, 6) is -0.819. The average Bonchev–Trinajstić information content (AvgIpc) is 2.74. The van der Waals surface area contributed by atoms with Crippen LogP contribution in [-0.4, -0.2) is 55.2 Å². The first-order chi connectivity index (χ1) is 13.1. The highest BCUT2D eigenvalue weighted by Crippen LogP contribution is 2.15. The largest absolute Gasteiger partial charge is 0.465 e. The van der Waals surface area contributed by atoms with Crippen LogP contribution in [0.2, 0.25) is 0 Å². The number of methoxy groups -OCH3 is 1. The summed E-state index contributed by atoms with van der Waals surface area (Å²) in [5.41, 5.74) is 1.88. The zero-order chi connectivity index (χ0) is 19.2. The van der Waals surface area contributed by atoms with Gasteiger partial charge in [-0.05, 0) is 42.5 Å². The first kappa shape index (κ1) is 18.8. The third kappa shape index (κ3) is 4.62. The second kappa shape index (κ2) is 8.64. The number of piperazine rings is 1. The zero-order valence-electron chi connectivity index (χ0n) is 15.1. The molecule has 27 heavy (non-hydrogen) atoms. The van der Waals surface area contributed by atoms with Gasteiger partial charge in [-0.3, -0.25) is 10.1 Å². The van der Waals surface area contributed by atoms with Crippen LogP contribution in [-0.2, 0) is 4.74 Å². The summed E-state index contributed by atoms with van der Waals surface area (Å²) < 4.78 is 4.68. The van der Waals surface area contributed by atoms with Crippen LogP contribution in [0.25, 0.3) is 0 Å². The maximum atomic E-state index is 12.5. The van der Waals surface area contributed by atoms with Crippen molar-refractivity contribution in [2.45, 2.75) is 0 Å². The highest BCUT2D eigenvalue weighted by Gasteiger charge is 2.21. The molecule has 0 spiro atoms. The highest BCUT2D eigenvalue weighted by molar-refractivity contribution is 7.80. The van der Waals surface area contributed by atoms with E-state index in [9.17, 15) is 9.59 Å². The molecule has 0 bridgehead atoms. The molecule has 2 aromatic carbocycles. The molecule has 0 unspecified atom stereocenters. The lowest BCUT2D eigenvalue weighted by Crippen LogP contribution is -2.52. The molecule has 0 saturated carbocycles. The number of esters is 1. The van der Waals surface area contributed by atoms with Crippen molar-refractivity contribution in [1.82, 2.24) is 10.2 Å². The van der Waals surface area contributed by atoms with Gasteiger partial charge in [0.15, 0.2) is 5.11 Å². The smallest absolute Gasteiger partial charge is 0.337 e. The number of amides is 1. The Bertz CT molecular complexity index is 833. The Morgan fingerprint density at radius 1 is 0.963 bits per heavy atom. The molecule has 1 fully saturated rings. The Kier molecular flexibility index (Phi) is 6.03. The van der Waals surface area contributed by atoms with E-state index >= 15 is 0 Å². The first-order valence-corrected chi connectivity index (χ1v) is 9.08. The van der Waals surface area contributed by atoms with Gasteiger partial charge in [-0.1, -0.05) is 24.3 Å². The molecule has 0 aliphatic carbocycles. The van der Waals surface area contributed by atoms with E-state index in [0.29, 0.717) is 16.2 Å². The van der Waals surface area contributed by atoms with E-state index < -0.39 is 5.97 Å². The number of thiocarbonyl (C=S) groups is 1. The van der Waals surface area contributed by atoms with Crippen LogP contribution in [0.4, 0.5) is 5.69 Å². The lowest BCUT2D eigenvalue weighted by Gasteiger charge is -2.37. The number of hydrogen-bond donors (Lipinski definition) is 1. The van der Waals surface area contributed by atoms with Crippen molar-refractivity contribution in [3.8, 4) is 0 Å². The van der Waals surface area contributed by atoms with Crippen LogP contribution >= 0.6 is 12.2 Å². The van der Waals surface area contributed by atoms with E-state index in [2.05, 4.69) is 27.1 Å². The molecule has 1 aliphatic heterocycles. The highest BCUT2D eigenvalue weighted by atomic mass is 32.1. The fourth-order valence-electron chi connectivity index (χ4n) is 2.96. The molecule has 0 atom stereocenters. The minimum atomic E-state index is -0.482.